The van der Waals surface area contributed by atoms with E-state index in [0.29, 0.717) is 24.5 Å². The van der Waals surface area contributed by atoms with E-state index in [1.807, 2.05) is 36.9 Å². The SMILES string of the molecule is Cc1cc(C)cc(NC(=O)C2CCCN(C3=NS(=O)(=O)c4ccccc43)C2)c1. The van der Waals surface area contributed by atoms with E-state index in [1.54, 1.807) is 18.2 Å². The number of benzene rings is 2. The third-order valence-corrected chi connectivity index (χ3v) is 6.52. The summed E-state index contributed by atoms with van der Waals surface area (Å²) in [7, 11) is -3.65. The first-order valence-electron chi connectivity index (χ1n) is 9.42. The van der Waals surface area contributed by atoms with Gasteiger partial charge in [0.15, 0.2) is 5.84 Å². The van der Waals surface area contributed by atoms with E-state index in [9.17, 15) is 13.2 Å². The van der Waals surface area contributed by atoms with Crippen molar-refractivity contribution in [1.29, 1.82) is 0 Å². The van der Waals surface area contributed by atoms with Crippen LogP contribution in [0.3, 0.4) is 0 Å². The molecule has 7 heteroatoms. The number of amides is 1. The predicted molar refractivity (Wildman–Crippen MR) is 109 cm³/mol. The van der Waals surface area contributed by atoms with E-state index < -0.39 is 10.0 Å². The fraction of sp³-hybridized carbons (Fsp3) is 0.333. The average Bonchev–Trinajstić information content (AvgIpc) is 2.93. The van der Waals surface area contributed by atoms with Gasteiger partial charge < -0.3 is 10.2 Å². The molecule has 0 spiro atoms. The quantitative estimate of drug-likeness (QED) is 0.845. The number of rotatable bonds is 2. The molecule has 28 heavy (non-hydrogen) atoms. The van der Waals surface area contributed by atoms with Gasteiger partial charge in [0.25, 0.3) is 10.0 Å². The fourth-order valence-corrected chi connectivity index (χ4v) is 5.22. The molecule has 2 aliphatic heterocycles. The highest BCUT2D eigenvalue weighted by Crippen LogP contribution is 2.30. The number of likely N-dealkylation sites (tertiary alicyclic amines) is 1. The third-order valence-electron chi connectivity index (χ3n) is 5.19. The summed E-state index contributed by atoms with van der Waals surface area (Å²) < 4.78 is 28.7. The number of sulfonamides is 1. The van der Waals surface area contributed by atoms with Gasteiger partial charge in [-0.05, 0) is 62.1 Å². The summed E-state index contributed by atoms with van der Waals surface area (Å²) in [6, 6.07) is 12.8. The van der Waals surface area contributed by atoms with E-state index in [4.69, 9.17) is 0 Å². The highest BCUT2D eigenvalue weighted by Gasteiger charge is 2.35. The highest BCUT2D eigenvalue weighted by molar-refractivity contribution is 7.90. The maximum absolute atomic E-state index is 12.8. The molecule has 2 aromatic rings. The summed E-state index contributed by atoms with van der Waals surface area (Å²) in [5.74, 6) is 0.205. The lowest BCUT2D eigenvalue weighted by Gasteiger charge is -2.33. The molecule has 1 unspecified atom stereocenters. The summed E-state index contributed by atoms with van der Waals surface area (Å²) in [4.78, 5) is 15.0. The zero-order valence-electron chi connectivity index (χ0n) is 16.0. The minimum atomic E-state index is -3.65. The van der Waals surface area contributed by atoms with Crippen molar-refractivity contribution in [3.8, 4) is 0 Å². The van der Waals surface area contributed by atoms with Crippen LogP contribution in [-0.4, -0.2) is 38.2 Å². The van der Waals surface area contributed by atoms with E-state index in [0.717, 1.165) is 29.7 Å². The summed E-state index contributed by atoms with van der Waals surface area (Å²) in [5.41, 5.74) is 3.62. The van der Waals surface area contributed by atoms with Crippen molar-refractivity contribution < 1.29 is 13.2 Å². The molecule has 2 heterocycles. The van der Waals surface area contributed by atoms with Gasteiger partial charge in [-0.1, -0.05) is 18.2 Å². The summed E-state index contributed by atoms with van der Waals surface area (Å²) in [6.07, 6.45) is 1.58. The number of carbonyl (C=O) groups is 1. The van der Waals surface area contributed by atoms with Crippen molar-refractivity contribution in [3.63, 3.8) is 0 Å². The number of anilines is 1. The molecule has 1 fully saturated rings. The van der Waals surface area contributed by atoms with Gasteiger partial charge in [-0.25, -0.2) is 0 Å². The third kappa shape index (κ3) is 3.54. The molecule has 0 aromatic heterocycles. The summed E-state index contributed by atoms with van der Waals surface area (Å²) in [5, 5.41) is 3.02. The van der Waals surface area contributed by atoms with E-state index >= 15 is 0 Å². The Morgan fingerprint density at radius 3 is 2.61 bits per heavy atom. The molecular formula is C21H23N3O3S. The molecule has 1 N–H and O–H groups in total. The summed E-state index contributed by atoms with van der Waals surface area (Å²) >= 11 is 0. The lowest BCUT2D eigenvalue weighted by atomic mass is 9.96. The Labute approximate surface area is 165 Å². The lowest BCUT2D eigenvalue weighted by Crippen LogP contribution is -2.43. The highest BCUT2D eigenvalue weighted by atomic mass is 32.2. The number of hydrogen-bond acceptors (Lipinski definition) is 4. The van der Waals surface area contributed by atoms with Crippen LogP contribution in [-0.2, 0) is 14.8 Å². The molecule has 1 amide bonds. The zero-order chi connectivity index (χ0) is 19.9. The minimum absolute atomic E-state index is 0.0376. The second-order valence-electron chi connectivity index (χ2n) is 7.54. The second kappa shape index (κ2) is 7.05. The number of carbonyl (C=O) groups excluding carboxylic acids is 1. The Bertz CT molecular complexity index is 1060. The molecule has 1 atom stereocenters. The van der Waals surface area contributed by atoms with Crippen molar-refractivity contribution in [2.45, 2.75) is 31.6 Å². The maximum atomic E-state index is 12.8. The number of nitrogens with zero attached hydrogens (tertiary/aromatic N) is 2. The molecule has 6 nitrogen and oxygen atoms in total. The van der Waals surface area contributed by atoms with Crippen molar-refractivity contribution in [2.75, 3.05) is 18.4 Å². The van der Waals surface area contributed by atoms with Crippen LogP contribution in [0, 0.1) is 19.8 Å². The predicted octanol–water partition coefficient (Wildman–Crippen LogP) is 3.10. The Morgan fingerprint density at radius 2 is 1.86 bits per heavy atom. The van der Waals surface area contributed by atoms with Crippen LogP contribution in [0.1, 0.15) is 29.5 Å². The monoisotopic (exact) mass is 397 g/mol. The Hall–Kier alpha value is -2.67. The van der Waals surface area contributed by atoms with E-state index in [-0.39, 0.29) is 16.7 Å². The maximum Gasteiger partial charge on any atom is 0.285 e. The number of amidine groups is 1. The molecule has 146 valence electrons. The van der Waals surface area contributed by atoms with Crippen molar-refractivity contribution in [1.82, 2.24) is 4.90 Å². The van der Waals surface area contributed by atoms with Crippen LogP contribution in [0.4, 0.5) is 5.69 Å². The van der Waals surface area contributed by atoms with Gasteiger partial charge in [-0.3, -0.25) is 4.79 Å². The van der Waals surface area contributed by atoms with Crippen LogP contribution >= 0.6 is 0 Å². The molecule has 0 saturated carbocycles. The van der Waals surface area contributed by atoms with Gasteiger partial charge in [0.1, 0.15) is 4.90 Å². The van der Waals surface area contributed by atoms with Crippen LogP contribution in [0.15, 0.2) is 51.8 Å². The minimum Gasteiger partial charge on any atom is -0.355 e. The largest absolute Gasteiger partial charge is 0.355 e. The molecule has 4 rings (SSSR count). The lowest BCUT2D eigenvalue weighted by molar-refractivity contribution is -0.121. The first kappa shape index (κ1) is 18.7. The molecule has 2 aromatic carbocycles. The number of aryl methyl sites for hydroxylation is 2. The molecule has 0 radical (unpaired) electrons. The normalized spacial score (nSPS) is 20.4. The smallest absolute Gasteiger partial charge is 0.285 e. The van der Waals surface area contributed by atoms with E-state index in [1.165, 1.54) is 0 Å². The van der Waals surface area contributed by atoms with Crippen molar-refractivity contribution >= 4 is 27.5 Å². The standard InChI is InChI=1S/C21H23N3O3S/c1-14-10-15(2)12-17(11-14)22-21(25)16-6-5-9-24(13-16)20-18-7-3-4-8-19(18)28(26,27)23-20/h3-4,7-8,10-12,16H,5-6,9,13H2,1-2H3,(H,22,25). The number of hydrogen-bond donors (Lipinski definition) is 1. The van der Waals surface area contributed by atoms with Gasteiger partial charge in [0.2, 0.25) is 5.91 Å². The number of nitrogens with one attached hydrogen (secondary N) is 1. The first-order chi connectivity index (χ1) is 13.3. The molecule has 0 aliphatic carbocycles. The second-order valence-corrected chi connectivity index (χ2v) is 9.11. The Kier molecular flexibility index (Phi) is 4.71. The number of fused-ring (bicyclic) bond motifs is 1. The first-order valence-corrected chi connectivity index (χ1v) is 10.9. The molecule has 2 aliphatic rings. The van der Waals surface area contributed by atoms with Gasteiger partial charge in [0.05, 0.1) is 5.92 Å². The topological polar surface area (TPSA) is 78.8 Å². The van der Waals surface area contributed by atoms with Gasteiger partial charge in [-0.15, -0.1) is 4.40 Å². The Balaban J connectivity index is 1.53. The van der Waals surface area contributed by atoms with Crippen LogP contribution in [0.25, 0.3) is 0 Å². The zero-order valence-corrected chi connectivity index (χ0v) is 16.8. The van der Waals surface area contributed by atoms with Crippen LogP contribution in [0.2, 0.25) is 0 Å². The van der Waals surface area contributed by atoms with Gasteiger partial charge in [0, 0.05) is 24.3 Å². The molecule has 0 bridgehead atoms. The fourth-order valence-electron chi connectivity index (χ4n) is 3.99. The van der Waals surface area contributed by atoms with Gasteiger partial charge in [-0.2, -0.15) is 8.42 Å². The van der Waals surface area contributed by atoms with Crippen molar-refractivity contribution in [2.24, 2.45) is 10.3 Å². The molecular weight excluding hydrogens is 374 g/mol. The van der Waals surface area contributed by atoms with Gasteiger partial charge >= 0.3 is 0 Å². The van der Waals surface area contributed by atoms with Crippen LogP contribution in [0.5, 0.6) is 0 Å². The van der Waals surface area contributed by atoms with Crippen molar-refractivity contribution in [3.05, 3.63) is 59.2 Å². The van der Waals surface area contributed by atoms with Crippen LogP contribution < -0.4 is 5.32 Å². The number of piperidine rings is 1. The Morgan fingerprint density at radius 1 is 1.14 bits per heavy atom. The summed E-state index contributed by atoms with van der Waals surface area (Å²) in [6.45, 7) is 5.15. The molecule has 1 saturated heterocycles. The average molecular weight is 398 g/mol. The van der Waals surface area contributed by atoms with E-state index in [2.05, 4.69) is 15.8 Å².